The van der Waals surface area contributed by atoms with E-state index in [9.17, 15) is 9.59 Å². The van der Waals surface area contributed by atoms with E-state index in [2.05, 4.69) is 20.9 Å². The summed E-state index contributed by atoms with van der Waals surface area (Å²) in [5.74, 6) is 1.86. The second-order valence-corrected chi connectivity index (χ2v) is 9.50. The number of Topliss-reactive ketones (excluding diaryl/α,β-unsaturated/α-hetero) is 1. The van der Waals surface area contributed by atoms with E-state index in [4.69, 9.17) is 14.2 Å². The van der Waals surface area contributed by atoms with Crippen LogP contribution in [0.15, 0.2) is 61.9 Å². The van der Waals surface area contributed by atoms with Crippen molar-refractivity contribution in [3.8, 4) is 17.2 Å². The molecule has 9 heteroatoms. The Bertz CT molecular complexity index is 1500. The summed E-state index contributed by atoms with van der Waals surface area (Å²) < 4.78 is 19.0. The van der Waals surface area contributed by atoms with Gasteiger partial charge >= 0.3 is 0 Å². The number of methoxy groups -OCH3 is 1. The lowest BCUT2D eigenvalue weighted by Crippen LogP contribution is -2.39. The molecule has 0 fully saturated rings. The third-order valence-electron chi connectivity index (χ3n) is 5.61. The molecule has 0 amide bonds. The molecular formula is C24H19BrN2O5S. The topological polar surface area (TPSA) is 79.1 Å². The predicted octanol–water partition coefficient (Wildman–Crippen LogP) is 3.32. The number of halogens is 1. The first-order valence-corrected chi connectivity index (χ1v) is 11.7. The molecule has 1 aromatic heterocycles. The van der Waals surface area contributed by atoms with Gasteiger partial charge in [-0.25, -0.2) is 4.99 Å². The number of benzene rings is 2. The van der Waals surface area contributed by atoms with Crippen molar-refractivity contribution < 1.29 is 19.0 Å². The van der Waals surface area contributed by atoms with E-state index in [1.165, 1.54) is 18.3 Å². The predicted molar refractivity (Wildman–Crippen MR) is 128 cm³/mol. The summed E-state index contributed by atoms with van der Waals surface area (Å²) in [6.07, 6.45) is 1.80. The first-order valence-electron chi connectivity index (χ1n) is 10.1. The van der Waals surface area contributed by atoms with Crippen molar-refractivity contribution in [3.05, 3.63) is 83.0 Å². The van der Waals surface area contributed by atoms with Crippen molar-refractivity contribution in [1.29, 1.82) is 0 Å². The maximum atomic E-state index is 13.6. The van der Waals surface area contributed by atoms with Gasteiger partial charge in [0, 0.05) is 15.7 Å². The van der Waals surface area contributed by atoms with E-state index in [0.29, 0.717) is 37.9 Å². The summed E-state index contributed by atoms with van der Waals surface area (Å²) in [4.78, 5) is 31.3. The fourth-order valence-electron chi connectivity index (χ4n) is 4.06. The second kappa shape index (κ2) is 8.31. The lowest BCUT2D eigenvalue weighted by Gasteiger charge is -2.24. The Labute approximate surface area is 201 Å². The largest absolute Gasteiger partial charge is 0.497 e. The van der Waals surface area contributed by atoms with Gasteiger partial charge in [0.1, 0.15) is 5.75 Å². The number of allylic oxidation sites excluding steroid dienone is 2. The molecule has 2 aromatic carbocycles. The quantitative estimate of drug-likeness (QED) is 0.521. The number of hydrogen-bond acceptors (Lipinski definition) is 7. The van der Waals surface area contributed by atoms with Crippen molar-refractivity contribution in [2.75, 3.05) is 13.9 Å². The van der Waals surface area contributed by atoms with Crippen LogP contribution in [0.25, 0.3) is 6.08 Å². The molecule has 1 atom stereocenters. The number of hydrogen-bond donors (Lipinski definition) is 0. The van der Waals surface area contributed by atoms with E-state index in [-0.39, 0.29) is 18.1 Å². The molecule has 1 unspecified atom stereocenters. The molecule has 168 valence electrons. The summed E-state index contributed by atoms with van der Waals surface area (Å²) in [6, 6.07) is 10.5. The third-order valence-corrected chi connectivity index (χ3v) is 7.28. The number of carbonyl (C=O) groups is 1. The SMILES string of the molecule is COc1ccc(C2C(C(C)=O)=C(C)N=c3sc(=Cc4cc5c(cc4Br)OCO5)c(=O)n32)cc1. The number of carbonyl (C=O) groups excluding carboxylic acids is 1. The summed E-state index contributed by atoms with van der Waals surface area (Å²) in [7, 11) is 1.59. The molecule has 33 heavy (non-hydrogen) atoms. The van der Waals surface area contributed by atoms with Crippen LogP contribution in [0.3, 0.4) is 0 Å². The van der Waals surface area contributed by atoms with Crippen molar-refractivity contribution >= 4 is 39.1 Å². The maximum absolute atomic E-state index is 13.6. The van der Waals surface area contributed by atoms with E-state index in [1.54, 1.807) is 24.7 Å². The molecule has 2 aliphatic rings. The zero-order chi connectivity index (χ0) is 23.3. The normalized spacial score (nSPS) is 17.1. The molecule has 2 aliphatic heterocycles. The van der Waals surface area contributed by atoms with Crippen molar-refractivity contribution in [2.45, 2.75) is 19.9 Å². The highest BCUT2D eigenvalue weighted by Crippen LogP contribution is 2.37. The highest BCUT2D eigenvalue weighted by Gasteiger charge is 2.30. The van der Waals surface area contributed by atoms with E-state index >= 15 is 0 Å². The Balaban J connectivity index is 1.71. The Morgan fingerprint density at radius 1 is 1.24 bits per heavy atom. The zero-order valence-electron chi connectivity index (χ0n) is 18.0. The molecule has 3 heterocycles. The molecule has 0 bridgehead atoms. The Hall–Kier alpha value is -3.17. The monoisotopic (exact) mass is 526 g/mol. The van der Waals surface area contributed by atoms with Crippen LogP contribution in [-0.4, -0.2) is 24.3 Å². The first-order chi connectivity index (χ1) is 15.9. The van der Waals surface area contributed by atoms with E-state index < -0.39 is 6.04 Å². The molecular weight excluding hydrogens is 508 g/mol. The van der Waals surface area contributed by atoms with Gasteiger partial charge in [0.25, 0.3) is 5.56 Å². The van der Waals surface area contributed by atoms with Gasteiger partial charge in [-0.15, -0.1) is 0 Å². The van der Waals surface area contributed by atoms with Gasteiger partial charge in [-0.2, -0.15) is 0 Å². The van der Waals surface area contributed by atoms with Crippen molar-refractivity contribution in [2.24, 2.45) is 4.99 Å². The molecule has 0 radical (unpaired) electrons. The minimum Gasteiger partial charge on any atom is -0.497 e. The van der Waals surface area contributed by atoms with Crippen LogP contribution in [-0.2, 0) is 4.79 Å². The van der Waals surface area contributed by atoms with Crippen LogP contribution in [0.2, 0.25) is 0 Å². The highest BCUT2D eigenvalue weighted by atomic mass is 79.9. The van der Waals surface area contributed by atoms with Crippen LogP contribution in [0.5, 0.6) is 17.2 Å². The summed E-state index contributed by atoms with van der Waals surface area (Å²) in [5, 5.41) is 0. The van der Waals surface area contributed by atoms with Crippen LogP contribution in [0.1, 0.15) is 31.0 Å². The van der Waals surface area contributed by atoms with E-state index in [1.807, 2.05) is 36.4 Å². The fourth-order valence-corrected chi connectivity index (χ4v) is 5.53. The van der Waals surface area contributed by atoms with Gasteiger partial charge in [-0.1, -0.05) is 39.4 Å². The van der Waals surface area contributed by atoms with Gasteiger partial charge in [-0.3, -0.25) is 14.2 Å². The number of fused-ring (bicyclic) bond motifs is 2. The Morgan fingerprint density at radius 3 is 2.61 bits per heavy atom. The summed E-state index contributed by atoms with van der Waals surface area (Å²) in [5.41, 5.74) is 2.50. The number of aromatic nitrogens is 1. The lowest BCUT2D eigenvalue weighted by atomic mass is 9.93. The van der Waals surface area contributed by atoms with Gasteiger partial charge in [0.05, 0.1) is 17.7 Å². The average Bonchev–Trinajstić information content (AvgIpc) is 3.36. The number of ketones is 1. The van der Waals surface area contributed by atoms with Crippen LogP contribution < -0.4 is 29.1 Å². The maximum Gasteiger partial charge on any atom is 0.271 e. The minimum atomic E-state index is -0.563. The molecule has 0 saturated carbocycles. The second-order valence-electron chi connectivity index (χ2n) is 7.64. The molecule has 0 saturated heterocycles. The van der Waals surface area contributed by atoms with Crippen LogP contribution in [0, 0.1) is 0 Å². The van der Waals surface area contributed by atoms with Crippen LogP contribution >= 0.6 is 27.3 Å². The summed E-state index contributed by atoms with van der Waals surface area (Å²) >= 11 is 4.83. The Morgan fingerprint density at radius 2 is 1.94 bits per heavy atom. The lowest BCUT2D eigenvalue weighted by molar-refractivity contribution is -0.114. The first kappa shape index (κ1) is 21.7. The molecule has 0 spiro atoms. The van der Waals surface area contributed by atoms with Crippen molar-refractivity contribution in [3.63, 3.8) is 0 Å². The van der Waals surface area contributed by atoms with Crippen LogP contribution in [0.4, 0.5) is 0 Å². The standard InChI is InChI=1S/C24H19BrN2O5S/c1-12-21(13(2)28)22(14-4-6-16(30-3)7-5-14)27-23(29)20(33-24(27)26-12)9-15-8-18-19(10-17(15)25)32-11-31-18/h4-10,22H,11H2,1-3H3. The number of ether oxygens (including phenoxy) is 3. The third kappa shape index (κ3) is 3.71. The number of thiazole rings is 1. The fraction of sp³-hybridized carbons (Fsp3) is 0.208. The van der Waals surface area contributed by atoms with Gasteiger partial charge in [0.2, 0.25) is 6.79 Å². The minimum absolute atomic E-state index is 0.120. The van der Waals surface area contributed by atoms with Gasteiger partial charge < -0.3 is 14.2 Å². The number of rotatable bonds is 4. The smallest absolute Gasteiger partial charge is 0.271 e. The molecule has 3 aromatic rings. The summed E-state index contributed by atoms with van der Waals surface area (Å²) in [6.45, 7) is 3.48. The van der Waals surface area contributed by atoms with E-state index in [0.717, 1.165) is 15.6 Å². The zero-order valence-corrected chi connectivity index (χ0v) is 20.5. The molecule has 0 N–H and O–H groups in total. The average molecular weight is 527 g/mol. The van der Waals surface area contributed by atoms with Gasteiger partial charge in [-0.05, 0) is 55.3 Å². The van der Waals surface area contributed by atoms with Crippen molar-refractivity contribution in [1.82, 2.24) is 4.57 Å². The van der Waals surface area contributed by atoms with Gasteiger partial charge in [0.15, 0.2) is 22.1 Å². The molecule has 5 rings (SSSR count). The highest BCUT2D eigenvalue weighted by molar-refractivity contribution is 9.10. The molecule has 7 nitrogen and oxygen atoms in total. The molecule has 0 aliphatic carbocycles. The number of nitrogens with zero attached hydrogens (tertiary/aromatic N) is 2. The Kier molecular flexibility index (Phi) is 5.46.